The maximum Gasteiger partial charge on any atom is 0.422 e. The van der Waals surface area contributed by atoms with Crippen LogP contribution in [0.15, 0.2) is 12.1 Å². The first-order valence-corrected chi connectivity index (χ1v) is 10.1. The third-order valence-electron chi connectivity index (χ3n) is 4.26. The van der Waals surface area contributed by atoms with Crippen molar-refractivity contribution in [3.63, 3.8) is 0 Å². The van der Waals surface area contributed by atoms with E-state index >= 15 is 0 Å². The average Bonchev–Trinajstić information content (AvgIpc) is 3.12. The summed E-state index contributed by atoms with van der Waals surface area (Å²) in [6.45, 7) is 7.52. The minimum Gasteiger partial charge on any atom is -0.494 e. The van der Waals surface area contributed by atoms with E-state index in [2.05, 4.69) is 4.98 Å². The number of methoxy groups -OCH3 is 1. The van der Waals surface area contributed by atoms with Crippen LogP contribution in [0.4, 0.5) is 9.93 Å². The molecule has 10 nitrogen and oxygen atoms in total. The first kappa shape index (κ1) is 21.6. The molecule has 3 rings (SSSR count). The number of hydrogen-bond acceptors (Lipinski definition) is 9. The number of aliphatic carboxylic acids is 1. The second kappa shape index (κ2) is 8.34. The molecule has 0 saturated carbocycles. The van der Waals surface area contributed by atoms with Crippen LogP contribution in [0.3, 0.4) is 0 Å². The number of thiazole rings is 1. The maximum absolute atomic E-state index is 12.2. The highest BCUT2D eigenvalue weighted by Crippen LogP contribution is 2.40. The molecule has 0 radical (unpaired) electrons. The Labute approximate surface area is 176 Å². The van der Waals surface area contributed by atoms with Gasteiger partial charge in [0.15, 0.2) is 10.9 Å². The highest BCUT2D eigenvalue weighted by Gasteiger charge is 2.28. The van der Waals surface area contributed by atoms with Gasteiger partial charge in [-0.15, -0.1) is 0 Å². The van der Waals surface area contributed by atoms with Crippen molar-refractivity contribution in [3.05, 3.63) is 12.1 Å². The molecule has 30 heavy (non-hydrogen) atoms. The van der Waals surface area contributed by atoms with Crippen LogP contribution in [-0.4, -0.2) is 71.9 Å². The lowest BCUT2D eigenvalue weighted by Gasteiger charge is -2.35. The van der Waals surface area contributed by atoms with Crippen LogP contribution >= 0.6 is 11.3 Å². The molecule has 1 N–H and O–H groups in total. The third kappa shape index (κ3) is 4.73. The molecular weight excluding hydrogens is 414 g/mol. The summed E-state index contributed by atoms with van der Waals surface area (Å²) in [5, 5.41) is 9.46. The number of piperazine rings is 1. The van der Waals surface area contributed by atoms with Gasteiger partial charge in [-0.05, 0) is 32.9 Å². The number of carbonyl (C=O) groups is 3. The zero-order chi connectivity index (χ0) is 22.1. The molecule has 1 aliphatic heterocycles. The quantitative estimate of drug-likeness (QED) is 0.438. The van der Waals surface area contributed by atoms with Gasteiger partial charge in [0, 0.05) is 26.2 Å². The summed E-state index contributed by atoms with van der Waals surface area (Å²) in [4.78, 5) is 42.8. The molecule has 0 unspecified atom stereocenters. The van der Waals surface area contributed by atoms with Crippen molar-refractivity contribution in [2.75, 3.05) is 38.2 Å². The van der Waals surface area contributed by atoms with Gasteiger partial charge in [-0.3, -0.25) is 0 Å². The Morgan fingerprint density at radius 2 is 1.73 bits per heavy atom. The van der Waals surface area contributed by atoms with Crippen LogP contribution in [0, 0.1) is 0 Å². The summed E-state index contributed by atoms with van der Waals surface area (Å²) >= 11 is 1.26. The minimum atomic E-state index is -1.68. The molecule has 11 heteroatoms. The fourth-order valence-corrected chi connectivity index (χ4v) is 3.96. The molecule has 0 bridgehead atoms. The normalized spacial score (nSPS) is 14.5. The van der Waals surface area contributed by atoms with E-state index in [1.54, 1.807) is 11.0 Å². The molecule has 1 aliphatic rings. The van der Waals surface area contributed by atoms with Crippen LogP contribution in [-0.2, 0) is 14.3 Å². The number of fused-ring (bicyclic) bond motifs is 1. The van der Waals surface area contributed by atoms with Gasteiger partial charge in [0.25, 0.3) is 0 Å². The van der Waals surface area contributed by atoms with Gasteiger partial charge in [0.2, 0.25) is 0 Å². The summed E-state index contributed by atoms with van der Waals surface area (Å²) in [6, 6.07) is 3.04. The summed E-state index contributed by atoms with van der Waals surface area (Å²) < 4.78 is 16.2. The lowest BCUT2D eigenvalue weighted by atomic mass is 10.2. The number of carboxylic acid groups (broad SMARTS) is 1. The van der Waals surface area contributed by atoms with Crippen LogP contribution < -0.4 is 14.4 Å². The molecule has 2 heterocycles. The summed E-state index contributed by atoms with van der Waals surface area (Å²) in [5.74, 6) is -2.46. The van der Waals surface area contributed by atoms with Gasteiger partial charge in [0.1, 0.15) is 21.6 Å². The van der Waals surface area contributed by atoms with Gasteiger partial charge >= 0.3 is 18.0 Å². The number of ether oxygens (including phenoxy) is 3. The molecular formula is C19H23N3O7S. The number of anilines is 1. The number of benzene rings is 1. The Morgan fingerprint density at radius 1 is 1.10 bits per heavy atom. The van der Waals surface area contributed by atoms with Crippen LogP contribution in [0.25, 0.3) is 10.2 Å². The number of carboxylic acids is 1. The molecule has 1 aromatic carbocycles. The molecule has 1 fully saturated rings. The number of carbonyl (C=O) groups excluding carboxylic acids is 2. The van der Waals surface area contributed by atoms with Gasteiger partial charge < -0.3 is 29.1 Å². The summed E-state index contributed by atoms with van der Waals surface area (Å²) in [6.07, 6.45) is -0.351. The minimum absolute atomic E-state index is 0.106. The molecule has 1 aromatic heterocycles. The van der Waals surface area contributed by atoms with Crippen LogP contribution in [0.2, 0.25) is 0 Å². The van der Waals surface area contributed by atoms with Gasteiger partial charge in [-0.25, -0.2) is 19.4 Å². The van der Waals surface area contributed by atoms with Crippen molar-refractivity contribution in [2.24, 2.45) is 0 Å². The van der Waals surface area contributed by atoms with Crippen molar-refractivity contribution < 1.29 is 33.7 Å². The van der Waals surface area contributed by atoms with Crippen molar-refractivity contribution in [3.8, 4) is 11.5 Å². The standard InChI is InChI=1S/C19H23N3O7S/c1-19(2,3)29-18(26)22-9-7-21(8-10-22)17-20-13-11(27-4)5-6-12(14(13)30-17)28-16(25)15(23)24/h5-6H,7-10H2,1-4H3,(H,23,24). The third-order valence-corrected chi connectivity index (χ3v) is 5.39. The predicted octanol–water partition coefficient (Wildman–Crippen LogP) is 2.35. The molecule has 1 saturated heterocycles. The van der Waals surface area contributed by atoms with Crippen LogP contribution in [0.1, 0.15) is 20.8 Å². The van der Waals surface area contributed by atoms with E-state index in [9.17, 15) is 14.4 Å². The first-order valence-electron chi connectivity index (χ1n) is 9.24. The number of amides is 1. The Hall–Kier alpha value is -3.08. The fraction of sp³-hybridized carbons (Fsp3) is 0.474. The smallest absolute Gasteiger partial charge is 0.422 e. The van der Waals surface area contributed by atoms with E-state index < -0.39 is 17.5 Å². The molecule has 2 aromatic rings. The van der Waals surface area contributed by atoms with E-state index in [4.69, 9.17) is 19.3 Å². The van der Waals surface area contributed by atoms with Crippen molar-refractivity contribution in [2.45, 2.75) is 26.4 Å². The number of hydrogen-bond donors (Lipinski definition) is 1. The first-order chi connectivity index (χ1) is 14.1. The fourth-order valence-electron chi connectivity index (χ4n) is 2.88. The zero-order valence-corrected chi connectivity index (χ0v) is 17.9. The monoisotopic (exact) mass is 437 g/mol. The van der Waals surface area contributed by atoms with Crippen LogP contribution in [0.5, 0.6) is 11.5 Å². The number of nitrogens with zero attached hydrogens (tertiary/aromatic N) is 3. The van der Waals surface area contributed by atoms with Crippen molar-refractivity contribution >= 4 is 44.7 Å². The highest BCUT2D eigenvalue weighted by atomic mass is 32.1. The molecule has 162 valence electrons. The van der Waals surface area contributed by atoms with Gasteiger partial charge in [0.05, 0.1) is 7.11 Å². The Balaban J connectivity index is 1.79. The van der Waals surface area contributed by atoms with Crippen molar-refractivity contribution in [1.82, 2.24) is 9.88 Å². The molecule has 0 atom stereocenters. The Kier molecular flexibility index (Phi) is 6.01. The number of esters is 1. The Bertz CT molecular complexity index is 974. The van der Waals surface area contributed by atoms with Crippen molar-refractivity contribution in [1.29, 1.82) is 0 Å². The molecule has 0 spiro atoms. The van der Waals surface area contributed by atoms with E-state index in [0.29, 0.717) is 47.3 Å². The highest BCUT2D eigenvalue weighted by molar-refractivity contribution is 7.22. The van der Waals surface area contributed by atoms with E-state index in [-0.39, 0.29) is 11.8 Å². The maximum atomic E-state index is 12.2. The SMILES string of the molecule is COc1ccc(OC(=O)C(=O)O)c2sc(N3CCN(C(=O)OC(C)(C)C)CC3)nc12. The topological polar surface area (TPSA) is 118 Å². The number of aromatic nitrogens is 1. The number of rotatable bonds is 3. The summed E-state index contributed by atoms with van der Waals surface area (Å²) in [5.41, 5.74) is -0.0792. The lowest BCUT2D eigenvalue weighted by Crippen LogP contribution is -2.50. The van der Waals surface area contributed by atoms with Gasteiger partial charge in [-0.1, -0.05) is 11.3 Å². The Morgan fingerprint density at radius 3 is 2.30 bits per heavy atom. The second-order valence-electron chi connectivity index (χ2n) is 7.59. The average molecular weight is 437 g/mol. The van der Waals surface area contributed by atoms with Gasteiger partial charge in [-0.2, -0.15) is 0 Å². The lowest BCUT2D eigenvalue weighted by molar-refractivity contribution is -0.157. The second-order valence-corrected chi connectivity index (χ2v) is 8.57. The molecule has 0 aliphatic carbocycles. The zero-order valence-electron chi connectivity index (χ0n) is 17.1. The molecule has 1 amide bonds. The van der Waals surface area contributed by atoms with E-state index in [0.717, 1.165) is 0 Å². The summed E-state index contributed by atoms with van der Waals surface area (Å²) in [7, 11) is 1.50. The van der Waals surface area contributed by atoms with E-state index in [1.807, 2.05) is 25.7 Å². The largest absolute Gasteiger partial charge is 0.494 e. The van der Waals surface area contributed by atoms with E-state index in [1.165, 1.54) is 24.5 Å². The predicted molar refractivity (Wildman–Crippen MR) is 109 cm³/mol.